The molecule has 0 radical (unpaired) electrons. The van der Waals surface area contributed by atoms with E-state index in [4.69, 9.17) is 0 Å². The van der Waals surface area contributed by atoms with Gasteiger partial charge in [0.1, 0.15) is 10.8 Å². The number of aromatic nitrogens is 1. The van der Waals surface area contributed by atoms with E-state index < -0.39 is 0 Å². The van der Waals surface area contributed by atoms with Gasteiger partial charge in [-0.2, -0.15) is 0 Å². The third-order valence-electron chi connectivity index (χ3n) is 3.02. The summed E-state index contributed by atoms with van der Waals surface area (Å²) in [4.78, 5) is 16.4. The van der Waals surface area contributed by atoms with Crippen LogP contribution in [0.25, 0.3) is 10.6 Å². The van der Waals surface area contributed by atoms with E-state index in [1.807, 2.05) is 35.7 Å². The van der Waals surface area contributed by atoms with Crippen LogP contribution in [0.4, 0.5) is 10.1 Å². The van der Waals surface area contributed by atoms with Crippen molar-refractivity contribution in [3.63, 3.8) is 0 Å². The lowest BCUT2D eigenvalue weighted by Gasteiger charge is -2.03. The summed E-state index contributed by atoms with van der Waals surface area (Å²) < 4.78 is 13.1. The summed E-state index contributed by atoms with van der Waals surface area (Å²) in [5.74, 6) is -0.590. The Morgan fingerprint density at radius 2 is 1.95 bits per heavy atom. The van der Waals surface area contributed by atoms with E-state index in [1.54, 1.807) is 12.1 Å². The average Bonchev–Trinajstić information content (AvgIpc) is 2.96. The lowest BCUT2D eigenvalue weighted by Crippen LogP contribution is -2.14. The van der Waals surface area contributed by atoms with Gasteiger partial charge >= 0.3 is 0 Å². The van der Waals surface area contributed by atoms with Crippen molar-refractivity contribution in [2.24, 2.45) is 0 Å². The molecule has 110 valence electrons. The predicted octanol–water partition coefficient (Wildman–Crippen LogP) is 4.13. The first-order chi connectivity index (χ1) is 10.7. The molecule has 22 heavy (non-hydrogen) atoms. The molecule has 0 saturated carbocycles. The highest BCUT2D eigenvalue weighted by Crippen LogP contribution is 2.23. The van der Waals surface area contributed by atoms with Crippen LogP contribution in [0.3, 0.4) is 0 Å². The lowest BCUT2D eigenvalue weighted by molar-refractivity contribution is -0.115. The highest BCUT2D eigenvalue weighted by atomic mass is 32.1. The maximum absolute atomic E-state index is 13.1. The monoisotopic (exact) mass is 312 g/mol. The van der Waals surface area contributed by atoms with Crippen LogP contribution < -0.4 is 5.32 Å². The van der Waals surface area contributed by atoms with Crippen molar-refractivity contribution in [3.05, 3.63) is 71.5 Å². The minimum absolute atomic E-state index is 0.167. The summed E-state index contributed by atoms with van der Waals surface area (Å²) in [6, 6.07) is 15.6. The molecule has 0 atom stereocenters. The fourth-order valence-corrected chi connectivity index (χ4v) is 2.86. The molecule has 1 N–H and O–H groups in total. The quantitative estimate of drug-likeness (QED) is 0.787. The van der Waals surface area contributed by atoms with Crippen LogP contribution in [0.15, 0.2) is 60.0 Å². The number of halogens is 1. The fraction of sp³-hybridized carbons (Fsp3) is 0.0588. The van der Waals surface area contributed by atoms with Crippen LogP contribution in [0.5, 0.6) is 0 Å². The van der Waals surface area contributed by atoms with Crippen LogP contribution >= 0.6 is 11.3 Å². The molecule has 0 aliphatic carbocycles. The molecular formula is C17H13FN2OS. The molecule has 1 aromatic heterocycles. The lowest BCUT2D eigenvalue weighted by atomic mass is 10.2. The number of carbonyl (C=O) groups excluding carboxylic acids is 1. The standard InChI is InChI=1S/C17H13FN2OS/c18-13-7-4-8-14(9-13)19-16(21)10-15-11-22-17(20-15)12-5-2-1-3-6-12/h1-9,11H,10H2,(H,19,21). The molecule has 0 aliphatic heterocycles. The Hall–Kier alpha value is -2.53. The number of nitrogens with one attached hydrogen (secondary N) is 1. The van der Waals surface area contributed by atoms with E-state index in [-0.39, 0.29) is 18.1 Å². The molecule has 0 aliphatic rings. The van der Waals surface area contributed by atoms with Gasteiger partial charge in [-0.05, 0) is 18.2 Å². The second kappa shape index (κ2) is 6.49. The number of hydrogen-bond acceptors (Lipinski definition) is 3. The number of nitrogens with zero attached hydrogens (tertiary/aromatic N) is 1. The molecule has 0 saturated heterocycles. The van der Waals surface area contributed by atoms with Crippen molar-refractivity contribution < 1.29 is 9.18 Å². The minimum atomic E-state index is -0.377. The van der Waals surface area contributed by atoms with Gasteiger partial charge in [-0.25, -0.2) is 9.37 Å². The third-order valence-corrected chi connectivity index (χ3v) is 3.96. The fourth-order valence-electron chi connectivity index (χ4n) is 2.04. The molecule has 5 heteroatoms. The molecule has 1 heterocycles. The Labute approximate surface area is 131 Å². The molecule has 1 amide bonds. The number of benzene rings is 2. The Morgan fingerprint density at radius 1 is 1.14 bits per heavy atom. The van der Waals surface area contributed by atoms with E-state index >= 15 is 0 Å². The Kier molecular flexibility index (Phi) is 4.25. The van der Waals surface area contributed by atoms with Crippen molar-refractivity contribution in [2.75, 3.05) is 5.32 Å². The second-order valence-corrected chi connectivity index (χ2v) is 5.60. The van der Waals surface area contributed by atoms with Gasteiger partial charge in [0, 0.05) is 16.6 Å². The van der Waals surface area contributed by atoms with Crippen LogP contribution in [0.2, 0.25) is 0 Å². The van der Waals surface area contributed by atoms with Crippen LogP contribution in [-0.2, 0) is 11.2 Å². The number of rotatable bonds is 4. The van der Waals surface area contributed by atoms with Gasteiger partial charge < -0.3 is 5.32 Å². The van der Waals surface area contributed by atoms with Gasteiger partial charge in [-0.1, -0.05) is 36.4 Å². The molecular weight excluding hydrogens is 299 g/mol. The maximum Gasteiger partial charge on any atom is 0.230 e. The van der Waals surface area contributed by atoms with Gasteiger partial charge in [0.25, 0.3) is 0 Å². The number of anilines is 1. The molecule has 3 nitrogen and oxygen atoms in total. The van der Waals surface area contributed by atoms with E-state index in [0.717, 1.165) is 10.6 Å². The highest BCUT2D eigenvalue weighted by Gasteiger charge is 2.09. The summed E-state index contributed by atoms with van der Waals surface area (Å²) in [5, 5.41) is 5.42. The molecule has 0 fully saturated rings. The molecule has 0 spiro atoms. The first-order valence-corrected chi connectivity index (χ1v) is 7.64. The van der Waals surface area contributed by atoms with E-state index in [9.17, 15) is 9.18 Å². The SMILES string of the molecule is O=C(Cc1csc(-c2ccccc2)n1)Nc1cccc(F)c1. The van der Waals surface area contributed by atoms with Crippen molar-refractivity contribution >= 4 is 22.9 Å². The summed E-state index contributed by atoms with van der Waals surface area (Å²) in [5.41, 5.74) is 2.19. The van der Waals surface area contributed by atoms with Crippen molar-refractivity contribution in [3.8, 4) is 10.6 Å². The van der Waals surface area contributed by atoms with E-state index in [0.29, 0.717) is 11.4 Å². The summed E-state index contributed by atoms with van der Waals surface area (Å²) in [7, 11) is 0. The van der Waals surface area contributed by atoms with Crippen molar-refractivity contribution in [1.29, 1.82) is 0 Å². The first kappa shape index (κ1) is 14.4. The van der Waals surface area contributed by atoms with Crippen LogP contribution in [0, 0.1) is 5.82 Å². The van der Waals surface area contributed by atoms with Gasteiger partial charge in [-0.15, -0.1) is 11.3 Å². The third kappa shape index (κ3) is 3.56. The summed E-state index contributed by atoms with van der Waals surface area (Å²) in [6.45, 7) is 0. The number of carbonyl (C=O) groups is 1. The number of amides is 1. The number of thiazole rings is 1. The van der Waals surface area contributed by atoms with Gasteiger partial charge in [0.2, 0.25) is 5.91 Å². The zero-order valence-corrected chi connectivity index (χ0v) is 12.4. The largest absolute Gasteiger partial charge is 0.326 e. The summed E-state index contributed by atoms with van der Waals surface area (Å²) >= 11 is 1.50. The van der Waals surface area contributed by atoms with Gasteiger partial charge in [-0.3, -0.25) is 4.79 Å². The highest BCUT2D eigenvalue weighted by molar-refractivity contribution is 7.13. The Balaban J connectivity index is 1.66. The average molecular weight is 312 g/mol. The van der Waals surface area contributed by atoms with Crippen molar-refractivity contribution in [1.82, 2.24) is 4.98 Å². The number of hydrogen-bond donors (Lipinski definition) is 1. The zero-order chi connectivity index (χ0) is 15.4. The van der Waals surface area contributed by atoms with Crippen molar-refractivity contribution in [2.45, 2.75) is 6.42 Å². The Bertz CT molecular complexity index is 786. The normalized spacial score (nSPS) is 10.4. The zero-order valence-electron chi connectivity index (χ0n) is 11.6. The van der Waals surface area contributed by atoms with Crippen LogP contribution in [-0.4, -0.2) is 10.9 Å². The van der Waals surface area contributed by atoms with Gasteiger partial charge in [0.15, 0.2) is 0 Å². The summed E-state index contributed by atoms with van der Waals surface area (Å²) in [6.07, 6.45) is 0.167. The first-order valence-electron chi connectivity index (χ1n) is 6.76. The topological polar surface area (TPSA) is 42.0 Å². The Morgan fingerprint density at radius 3 is 2.73 bits per heavy atom. The van der Waals surface area contributed by atoms with E-state index in [1.165, 1.54) is 23.5 Å². The maximum atomic E-state index is 13.1. The molecule has 0 bridgehead atoms. The molecule has 0 unspecified atom stereocenters. The molecule has 3 aromatic rings. The molecule has 2 aromatic carbocycles. The molecule has 3 rings (SSSR count). The van der Waals surface area contributed by atoms with E-state index in [2.05, 4.69) is 10.3 Å². The predicted molar refractivity (Wildman–Crippen MR) is 86.3 cm³/mol. The van der Waals surface area contributed by atoms with Crippen LogP contribution in [0.1, 0.15) is 5.69 Å². The minimum Gasteiger partial charge on any atom is -0.326 e. The van der Waals surface area contributed by atoms with Gasteiger partial charge in [0.05, 0.1) is 12.1 Å². The second-order valence-electron chi connectivity index (χ2n) is 4.75. The smallest absolute Gasteiger partial charge is 0.230 e.